The minimum absolute atomic E-state index is 0.113. The minimum Gasteiger partial charge on any atom is -0.445 e. The van der Waals surface area contributed by atoms with Crippen LogP contribution in [0.25, 0.3) is 0 Å². The number of hydrogen-bond acceptors (Lipinski definition) is 3. The monoisotopic (exact) mass is 328 g/mol. The third-order valence-electron chi connectivity index (χ3n) is 5.22. The van der Waals surface area contributed by atoms with Crippen molar-refractivity contribution in [3.63, 3.8) is 0 Å². The molecular formula is C17H36N2O2Si. The van der Waals surface area contributed by atoms with Crippen molar-refractivity contribution in [2.24, 2.45) is 11.7 Å². The van der Waals surface area contributed by atoms with Crippen LogP contribution in [0, 0.1) is 5.92 Å². The van der Waals surface area contributed by atoms with E-state index in [2.05, 4.69) is 38.8 Å². The lowest BCUT2D eigenvalue weighted by Crippen LogP contribution is -2.53. The molecule has 0 aliphatic heterocycles. The van der Waals surface area contributed by atoms with Crippen LogP contribution in [0.4, 0.5) is 4.79 Å². The predicted molar refractivity (Wildman–Crippen MR) is 95.7 cm³/mol. The van der Waals surface area contributed by atoms with Gasteiger partial charge in [0.2, 0.25) is 0 Å². The number of primary amides is 1. The highest BCUT2D eigenvalue weighted by molar-refractivity contribution is 6.77. The molecule has 0 spiro atoms. The molecule has 1 rings (SSSR count). The van der Waals surface area contributed by atoms with Crippen LogP contribution in [0.1, 0.15) is 58.8 Å². The van der Waals surface area contributed by atoms with Gasteiger partial charge in [0.25, 0.3) is 0 Å². The topological polar surface area (TPSA) is 64.3 Å². The Morgan fingerprint density at radius 1 is 1.23 bits per heavy atom. The Kier molecular flexibility index (Phi) is 7.90. The van der Waals surface area contributed by atoms with E-state index >= 15 is 0 Å². The molecule has 0 bridgehead atoms. The van der Waals surface area contributed by atoms with Gasteiger partial charge in [-0.2, -0.15) is 0 Å². The van der Waals surface area contributed by atoms with Crippen molar-refractivity contribution in [3.05, 3.63) is 0 Å². The number of amides is 1. The molecule has 3 atom stereocenters. The molecule has 3 unspecified atom stereocenters. The van der Waals surface area contributed by atoms with Crippen molar-refractivity contribution in [1.82, 2.24) is 5.32 Å². The zero-order chi connectivity index (χ0) is 16.8. The van der Waals surface area contributed by atoms with E-state index in [1.54, 1.807) is 0 Å². The first-order valence-electron chi connectivity index (χ1n) is 8.92. The van der Waals surface area contributed by atoms with E-state index in [0.717, 1.165) is 18.8 Å². The summed E-state index contributed by atoms with van der Waals surface area (Å²) in [4.78, 5) is 11.2. The fraction of sp³-hybridized carbons (Fsp3) is 0.941. The average molecular weight is 329 g/mol. The highest BCUT2D eigenvalue weighted by atomic mass is 28.3. The lowest BCUT2D eigenvalue weighted by atomic mass is 9.85. The highest BCUT2D eigenvalue weighted by Gasteiger charge is 2.28. The number of ether oxygens (including phenoxy) is 1. The summed E-state index contributed by atoms with van der Waals surface area (Å²) in [7, 11) is -1.25. The predicted octanol–water partition coefficient (Wildman–Crippen LogP) is 4.05. The maximum atomic E-state index is 11.2. The van der Waals surface area contributed by atoms with Crippen molar-refractivity contribution < 1.29 is 9.53 Å². The first-order valence-corrected chi connectivity index (χ1v) is 12.5. The molecule has 4 nitrogen and oxygen atoms in total. The van der Waals surface area contributed by atoms with Crippen LogP contribution >= 0.6 is 0 Å². The molecule has 130 valence electrons. The second-order valence-corrected chi connectivity index (χ2v) is 13.7. The second-order valence-electron chi connectivity index (χ2n) is 8.10. The molecule has 0 aromatic rings. The van der Waals surface area contributed by atoms with Crippen LogP contribution in [0.3, 0.4) is 0 Å². The highest BCUT2D eigenvalue weighted by Crippen LogP contribution is 2.28. The van der Waals surface area contributed by atoms with E-state index in [4.69, 9.17) is 10.5 Å². The Morgan fingerprint density at radius 3 is 2.32 bits per heavy atom. The van der Waals surface area contributed by atoms with Gasteiger partial charge in [0.1, 0.15) is 6.10 Å². The Bertz CT molecular complexity index is 338. The van der Waals surface area contributed by atoms with Crippen molar-refractivity contribution >= 4 is 14.2 Å². The zero-order valence-electron chi connectivity index (χ0n) is 15.2. The van der Waals surface area contributed by atoms with E-state index in [-0.39, 0.29) is 12.1 Å². The lowest BCUT2D eigenvalue weighted by Gasteiger charge is -2.33. The molecule has 0 heterocycles. The second kappa shape index (κ2) is 8.92. The van der Waals surface area contributed by atoms with E-state index in [0.29, 0.717) is 5.67 Å². The maximum absolute atomic E-state index is 11.2. The van der Waals surface area contributed by atoms with Gasteiger partial charge in [0.15, 0.2) is 0 Å². The molecule has 0 aromatic heterocycles. The van der Waals surface area contributed by atoms with Gasteiger partial charge in [-0.1, -0.05) is 58.7 Å². The molecule has 3 N–H and O–H groups in total. The van der Waals surface area contributed by atoms with Gasteiger partial charge in [0, 0.05) is 6.04 Å². The molecule has 1 aliphatic carbocycles. The van der Waals surface area contributed by atoms with Gasteiger partial charge < -0.3 is 15.8 Å². The van der Waals surface area contributed by atoms with E-state index in [1.807, 2.05) is 0 Å². The number of nitrogens with two attached hydrogens (primary N) is 1. The summed E-state index contributed by atoms with van der Waals surface area (Å²) in [5, 5.41) is 3.64. The largest absolute Gasteiger partial charge is 0.445 e. The van der Waals surface area contributed by atoms with E-state index < -0.39 is 14.2 Å². The Hall–Kier alpha value is -0.553. The quantitative estimate of drug-likeness (QED) is 0.661. The average Bonchev–Trinajstić information content (AvgIpc) is 2.43. The van der Waals surface area contributed by atoms with Crippen molar-refractivity contribution in [2.45, 2.75) is 96.2 Å². The molecule has 0 radical (unpaired) electrons. The Balaban J connectivity index is 2.52. The molecular weight excluding hydrogens is 292 g/mol. The molecule has 1 amide bonds. The molecule has 0 aromatic carbocycles. The van der Waals surface area contributed by atoms with E-state index in [9.17, 15) is 4.79 Å². The Morgan fingerprint density at radius 2 is 1.82 bits per heavy atom. The van der Waals surface area contributed by atoms with Gasteiger partial charge in [0.05, 0.1) is 8.07 Å². The maximum Gasteiger partial charge on any atom is 0.404 e. The lowest BCUT2D eigenvalue weighted by molar-refractivity contribution is 0.0728. The van der Waals surface area contributed by atoms with Crippen LogP contribution in [-0.4, -0.2) is 32.0 Å². The number of nitrogens with one attached hydrogen (secondary N) is 1. The third kappa shape index (κ3) is 7.14. The van der Waals surface area contributed by atoms with Crippen molar-refractivity contribution in [3.8, 4) is 0 Å². The van der Waals surface area contributed by atoms with Gasteiger partial charge in [-0.15, -0.1) is 0 Å². The van der Waals surface area contributed by atoms with Crippen LogP contribution in [0.5, 0.6) is 0 Å². The van der Waals surface area contributed by atoms with Gasteiger partial charge >= 0.3 is 6.09 Å². The standard InChI is InChI=1S/C17H36N2O2Si/c1-13(19-14(2)22(3,4)5)16(21-17(18)20)12-11-15-9-7-6-8-10-15/h13-16,19H,6-12H2,1-5H3,(H2,18,20). The normalized spacial score (nSPS) is 21.1. The molecule has 1 saturated carbocycles. The fourth-order valence-electron chi connectivity index (χ4n) is 3.19. The van der Waals surface area contributed by atoms with Crippen molar-refractivity contribution in [1.29, 1.82) is 0 Å². The summed E-state index contributed by atoms with van der Waals surface area (Å²) >= 11 is 0. The van der Waals surface area contributed by atoms with Gasteiger partial charge in [-0.05, 0) is 31.3 Å². The van der Waals surface area contributed by atoms with Gasteiger partial charge in [-0.25, -0.2) is 4.79 Å². The molecule has 0 saturated heterocycles. The first kappa shape index (κ1) is 19.5. The zero-order valence-corrected chi connectivity index (χ0v) is 16.2. The molecule has 5 heteroatoms. The van der Waals surface area contributed by atoms with Crippen LogP contribution in [0.2, 0.25) is 19.6 Å². The molecule has 1 aliphatic rings. The van der Waals surface area contributed by atoms with E-state index in [1.165, 1.54) is 32.1 Å². The van der Waals surface area contributed by atoms with Gasteiger partial charge in [-0.3, -0.25) is 0 Å². The van der Waals surface area contributed by atoms with Crippen molar-refractivity contribution in [2.75, 3.05) is 0 Å². The van der Waals surface area contributed by atoms with Crippen LogP contribution < -0.4 is 11.1 Å². The summed E-state index contributed by atoms with van der Waals surface area (Å²) in [6.07, 6.45) is 8.04. The third-order valence-corrected chi connectivity index (χ3v) is 7.99. The number of rotatable bonds is 8. The SMILES string of the molecule is CC(NC(C)[Si](C)(C)C)C(CCC1CCCCC1)OC(N)=O. The number of carbonyl (C=O) groups excluding carboxylic acids is 1. The number of carbonyl (C=O) groups is 1. The number of hydrogen-bond donors (Lipinski definition) is 2. The van der Waals surface area contributed by atoms with Crippen LogP contribution in [0.15, 0.2) is 0 Å². The molecule has 1 fully saturated rings. The molecule has 22 heavy (non-hydrogen) atoms. The smallest absolute Gasteiger partial charge is 0.404 e. The first-order chi connectivity index (χ1) is 10.2. The fourth-order valence-corrected chi connectivity index (χ4v) is 3.95. The van der Waals surface area contributed by atoms with Crippen LogP contribution in [-0.2, 0) is 4.74 Å². The Labute approximate surface area is 137 Å². The summed E-state index contributed by atoms with van der Waals surface area (Å²) < 4.78 is 5.41. The summed E-state index contributed by atoms with van der Waals surface area (Å²) in [6.45, 7) is 11.4. The minimum atomic E-state index is -1.25. The summed E-state index contributed by atoms with van der Waals surface area (Å²) in [5.41, 5.74) is 5.76. The summed E-state index contributed by atoms with van der Waals surface area (Å²) in [6, 6.07) is 0.151. The summed E-state index contributed by atoms with van der Waals surface area (Å²) in [5.74, 6) is 0.800.